The second-order valence-electron chi connectivity index (χ2n) is 9.95. The summed E-state index contributed by atoms with van der Waals surface area (Å²) in [5, 5.41) is 3.19. The van der Waals surface area contributed by atoms with Crippen LogP contribution in [0.15, 0.2) is 48.5 Å². The van der Waals surface area contributed by atoms with Crippen LogP contribution in [0.25, 0.3) is 0 Å². The van der Waals surface area contributed by atoms with E-state index in [1.165, 1.54) is 18.4 Å². The van der Waals surface area contributed by atoms with Gasteiger partial charge in [-0.1, -0.05) is 56.5 Å². The van der Waals surface area contributed by atoms with E-state index in [-0.39, 0.29) is 17.9 Å². The van der Waals surface area contributed by atoms with Gasteiger partial charge in [0.25, 0.3) is 5.91 Å². The van der Waals surface area contributed by atoms with E-state index in [4.69, 9.17) is 0 Å². The van der Waals surface area contributed by atoms with Crippen molar-refractivity contribution in [2.24, 2.45) is 5.92 Å². The maximum absolute atomic E-state index is 13.5. The van der Waals surface area contributed by atoms with E-state index in [0.717, 1.165) is 42.7 Å². The lowest BCUT2D eigenvalue weighted by molar-refractivity contribution is -0.123. The Morgan fingerprint density at radius 1 is 0.879 bits per heavy atom. The molecule has 1 N–H and O–H groups in total. The third-order valence-corrected chi connectivity index (χ3v) is 7.25. The highest BCUT2D eigenvalue weighted by Gasteiger charge is 2.37. The molecule has 2 amide bonds. The molecule has 0 spiro atoms. The number of hydrogen-bond donors (Lipinski definition) is 1. The lowest BCUT2D eigenvalue weighted by Crippen LogP contribution is -2.56. The van der Waals surface area contributed by atoms with Crippen LogP contribution in [0.1, 0.15) is 66.9 Å². The van der Waals surface area contributed by atoms with Gasteiger partial charge < -0.3 is 10.2 Å². The van der Waals surface area contributed by atoms with Crippen molar-refractivity contribution in [3.05, 3.63) is 65.2 Å². The molecule has 1 saturated heterocycles. The predicted octanol–water partition coefficient (Wildman–Crippen LogP) is 5.07. The Kier molecular flexibility index (Phi) is 7.49. The van der Waals surface area contributed by atoms with Crippen LogP contribution in [0.5, 0.6) is 0 Å². The number of nitrogens with one attached hydrogen (secondary N) is 1. The predicted molar refractivity (Wildman–Crippen MR) is 134 cm³/mol. The molecule has 1 saturated carbocycles. The van der Waals surface area contributed by atoms with Crippen molar-refractivity contribution < 1.29 is 9.59 Å². The van der Waals surface area contributed by atoms with Gasteiger partial charge in [0.2, 0.25) is 5.91 Å². The van der Waals surface area contributed by atoms with Crippen molar-refractivity contribution >= 4 is 17.5 Å². The van der Waals surface area contributed by atoms with Gasteiger partial charge in [0.15, 0.2) is 0 Å². The van der Waals surface area contributed by atoms with Gasteiger partial charge in [0.05, 0.1) is 6.04 Å². The van der Waals surface area contributed by atoms with E-state index >= 15 is 0 Å². The summed E-state index contributed by atoms with van der Waals surface area (Å²) in [4.78, 5) is 30.6. The first-order chi connectivity index (χ1) is 15.9. The Balaban J connectivity index is 1.41. The Hall–Kier alpha value is -2.66. The van der Waals surface area contributed by atoms with Crippen LogP contribution in [-0.2, 0) is 4.79 Å². The minimum Gasteiger partial charge on any atom is -0.336 e. The second-order valence-corrected chi connectivity index (χ2v) is 9.95. The molecule has 0 bridgehead atoms. The monoisotopic (exact) mass is 447 g/mol. The third-order valence-electron chi connectivity index (χ3n) is 7.25. The SMILES string of the molecule is Cc1ccc(C(=O)N2CCN([C@H](C(=O)Nc3ccc(C(C)C)cc3)C3CCCC3)CC2)cc1. The fourth-order valence-corrected chi connectivity index (χ4v) is 5.20. The van der Waals surface area contributed by atoms with Crippen LogP contribution >= 0.6 is 0 Å². The van der Waals surface area contributed by atoms with Crippen LogP contribution in [0.2, 0.25) is 0 Å². The van der Waals surface area contributed by atoms with E-state index in [1.54, 1.807) is 0 Å². The van der Waals surface area contributed by atoms with Crippen LogP contribution in [0.4, 0.5) is 5.69 Å². The molecule has 0 unspecified atom stereocenters. The summed E-state index contributed by atoms with van der Waals surface area (Å²) in [6, 6.07) is 15.9. The van der Waals surface area contributed by atoms with Gasteiger partial charge in [-0.15, -0.1) is 0 Å². The highest BCUT2D eigenvalue weighted by molar-refractivity contribution is 5.95. The van der Waals surface area contributed by atoms with Gasteiger partial charge in [-0.25, -0.2) is 0 Å². The molecule has 1 atom stereocenters. The van der Waals surface area contributed by atoms with Crippen molar-refractivity contribution in [2.75, 3.05) is 31.5 Å². The topological polar surface area (TPSA) is 52.7 Å². The highest BCUT2D eigenvalue weighted by atomic mass is 16.2. The standard InChI is InChI=1S/C28H37N3O2/c1-20(2)22-12-14-25(15-13-22)29-27(32)26(23-6-4-5-7-23)30-16-18-31(19-17-30)28(33)24-10-8-21(3)9-11-24/h8-15,20,23,26H,4-7,16-19H2,1-3H3,(H,29,32)/t26-/m0/s1. The largest absolute Gasteiger partial charge is 0.336 e. The first-order valence-corrected chi connectivity index (χ1v) is 12.4. The zero-order valence-electron chi connectivity index (χ0n) is 20.2. The molecule has 2 aromatic rings. The Morgan fingerprint density at radius 3 is 2.06 bits per heavy atom. The number of aryl methyl sites for hydroxylation is 1. The summed E-state index contributed by atoms with van der Waals surface area (Å²) in [7, 11) is 0. The molecule has 2 aromatic carbocycles. The van der Waals surface area contributed by atoms with Gasteiger partial charge in [-0.3, -0.25) is 14.5 Å². The number of piperazine rings is 1. The second kappa shape index (κ2) is 10.5. The number of rotatable bonds is 6. The van der Waals surface area contributed by atoms with Crippen LogP contribution in [0, 0.1) is 12.8 Å². The molecule has 1 aliphatic carbocycles. The van der Waals surface area contributed by atoms with E-state index in [9.17, 15) is 9.59 Å². The molecule has 0 aromatic heterocycles. The summed E-state index contributed by atoms with van der Waals surface area (Å²) in [5.74, 6) is 1.04. The molecule has 176 valence electrons. The van der Waals surface area contributed by atoms with Crippen molar-refractivity contribution in [3.63, 3.8) is 0 Å². The lowest BCUT2D eigenvalue weighted by Gasteiger charge is -2.40. The minimum absolute atomic E-state index is 0.0850. The van der Waals surface area contributed by atoms with Gasteiger partial charge in [0.1, 0.15) is 0 Å². The Labute approximate surface area is 198 Å². The van der Waals surface area contributed by atoms with Crippen LogP contribution < -0.4 is 5.32 Å². The quantitative estimate of drug-likeness (QED) is 0.672. The molecule has 2 aliphatic rings. The average Bonchev–Trinajstić information content (AvgIpc) is 3.34. The fourth-order valence-electron chi connectivity index (χ4n) is 5.20. The van der Waals surface area contributed by atoms with Gasteiger partial charge in [-0.2, -0.15) is 0 Å². The fraction of sp³-hybridized carbons (Fsp3) is 0.500. The minimum atomic E-state index is -0.131. The van der Waals surface area contributed by atoms with Crippen molar-refractivity contribution in [1.82, 2.24) is 9.80 Å². The summed E-state index contributed by atoms with van der Waals surface area (Å²) in [6.07, 6.45) is 4.60. The van der Waals surface area contributed by atoms with Crippen molar-refractivity contribution in [2.45, 2.75) is 58.4 Å². The highest BCUT2D eigenvalue weighted by Crippen LogP contribution is 2.32. The maximum atomic E-state index is 13.5. The Bertz CT molecular complexity index is 938. The summed E-state index contributed by atoms with van der Waals surface area (Å²) in [6.45, 7) is 9.16. The molecule has 5 heteroatoms. The van der Waals surface area contributed by atoms with Crippen molar-refractivity contribution in [3.8, 4) is 0 Å². The van der Waals surface area contributed by atoms with Crippen LogP contribution in [-0.4, -0.2) is 53.8 Å². The molecule has 1 aliphatic heterocycles. The summed E-state index contributed by atoms with van der Waals surface area (Å²) < 4.78 is 0. The molecule has 0 radical (unpaired) electrons. The number of anilines is 1. The summed E-state index contributed by atoms with van der Waals surface area (Å²) in [5.41, 5.74) is 4.03. The van der Waals surface area contributed by atoms with E-state index in [0.29, 0.717) is 24.9 Å². The molecule has 2 fully saturated rings. The first-order valence-electron chi connectivity index (χ1n) is 12.4. The normalized spacial score (nSPS) is 18.5. The number of carbonyl (C=O) groups is 2. The van der Waals surface area contributed by atoms with Crippen LogP contribution in [0.3, 0.4) is 0 Å². The van der Waals surface area contributed by atoms with Gasteiger partial charge in [-0.05, 0) is 61.4 Å². The van der Waals surface area contributed by atoms with Gasteiger partial charge in [0, 0.05) is 37.4 Å². The summed E-state index contributed by atoms with van der Waals surface area (Å²) >= 11 is 0. The molecule has 1 heterocycles. The average molecular weight is 448 g/mol. The van der Waals surface area contributed by atoms with E-state index in [1.807, 2.05) is 48.2 Å². The number of benzene rings is 2. The van der Waals surface area contributed by atoms with E-state index in [2.05, 4.69) is 36.2 Å². The molecular formula is C28H37N3O2. The molecular weight excluding hydrogens is 410 g/mol. The first kappa shape index (κ1) is 23.5. The number of carbonyl (C=O) groups excluding carboxylic acids is 2. The van der Waals surface area contributed by atoms with Gasteiger partial charge >= 0.3 is 0 Å². The lowest BCUT2D eigenvalue weighted by atomic mass is 9.94. The number of amides is 2. The van der Waals surface area contributed by atoms with E-state index < -0.39 is 0 Å². The zero-order chi connectivity index (χ0) is 23.4. The van der Waals surface area contributed by atoms with Crippen molar-refractivity contribution in [1.29, 1.82) is 0 Å². The molecule has 5 nitrogen and oxygen atoms in total. The number of nitrogens with zero attached hydrogens (tertiary/aromatic N) is 2. The zero-order valence-corrected chi connectivity index (χ0v) is 20.2. The Morgan fingerprint density at radius 2 is 1.48 bits per heavy atom. The molecule has 4 rings (SSSR count). The smallest absolute Gasteiger partial charge is 0.253 e. The molecule has 33 heavy (non-hydrogen) atoms. The number of hydrogen-bond acceptors (Lipinski definition) is 3. The maximum Gasteiger partial charge on any atom is 0.253 e. The third kappa shape index (κ3) is 5.64.